The first kappa shape index (κ1) is 11.0. The summed E-state index contributed by atoms with van der Waals surface area (Å²) >= 11 is 0. The molecule has 4 rings (SSSR count). The van der Waals surface area contributed by atoms with Crippen molar-refractivity contribution in [1.29, 1.82) is 0 Å². The summed E-state index contributed by atoms with van der Waals surface area (Å²) in [7, 11) is 0. The molecular formula is C15H17N3O. The van der Waals surface area contributed by atoms with Gasteiger partial charge in [0.15, 0.2) is 0 Å². The van der Waals surface area contributed by atoms with Crippen molar-refractivity contribution in [2.24, 2.45) is 0 Å². The van der Waals surface area contributed by atoms with Gasteiger partial charge in [-0.05, 0) is 37.8 Å². The van der Waals surface area contributed by atoms with Gasteiger partial charge >= 0.3 is 0 Å². The van der Waals surface area contributed by atoms with E-state index in [4.69, 9.17) is 4.42 Å². The van der Waals surface area contributed by atoms with Gasteiger partial charge in [-0.3, -0.25) is 0 Å². The lowest BCUT2D eigenvalue weighted by atomic mass is 10.1. The summed E-state index contributed by atoms with van der Waals surface area (Å²) in [6, 6.07) is 9.07. The Hall–Kier alpha value is -1.84. The molecule has 1 aromatic carbocycles. The van der Waals surface area contributed by atoms with E-state index < -0.39 is 0 Å². The lowest BCUT2D eigenvalue weighted by Crippen LogP contribution is -2.28. The molecule has 2 heterocycles. The fourth-order valence-corrected chi connectivity index (χ4v) is 2.84. The van der Waals surface area contributed by atoms with Gasteiger partial charge in [0.2, 0.25) is 11.8 Å². The second-order valence-corrected chi connectivity index (χ2v) is 5.62. The van der Waals surface area contributed by atoms with Crippen molar-refractivity contribution in [3.05, 3.63) is 41.6 Å². The molecule has 0 bridgehead atoms. The Morgan fingerprint density at radius 1 is 1.26 bits per heavy atom. The van der Waals surface area contributed by atoms with Gasteiger partial charge in [0.25, 0.3) is 0 Å². The van der Waals surface area contributed by atoms with Gasteiger partial charge in [0.05, 0.1) is 6.54 Å². The van der Waals surface area contributed by atoms with E-state index in [1.807, 2.05) is 0 Å². The third kappa shape index (κ3) is 1.91. The number of rotatable bonds is 3. The fraction of sp³-hybridized carbons (Fsp3) is 0.467. The average molecular weight is 255 g/mol. The normalized spacial score (nSPS) is 21.7. The van der Waals surface area contributed by atoms with E-state index >= 15 is 0 Å². The lowest BCUT2D eigenvalue weighted by Gasteiger charge is -2.22. The molecule has 0 N–H and O–H groups in total. The van der Waals surface area contributed by atoms with E-state index in [9.17, 15) is 0 Å². The number of anilines is 1. The summed E-state index contributed by atoms with van der Waals surface area (Å²) in [5.74, 6) is 2.10. The van der Waals surface area contributed by atoms with E-state index in [-0.39, 0.29) is 0 Å². The van der Waals surface area contributed by atoms with Crippen molar-refractivity contribution in [2.75, 3.05) is 4.90 Å². The number of hydrogen-bond donors (Lipinski definition) is 0. The largest absolute Gasteiger partial charge is 0.423 e. The lowest BCUT2D eigenvalue weighted by molar-refractivity contribution is 0.441. The highest BCUT2D eigenvalue weighted by Crippen LogP contribution is 2.39. The van der Waals surface area contributed by atoms with Crippen LogP contribution in [0.3, 0.4) is 0 Å². The molecule has 1 aliphatic heterocycles. The molecule has 2 aliphatic rings. The van der Waals surface area contributed by atoms with Crippen LogP contribution in [0.15, 0.2) is 28.7 Å². The highest BCUT2D eigenvalue weighted by molar-refractivity contribution is 5.59. The molecule has 1 fully saturated rings. The Labute approximate surface area is 112 Å². The molecule has 1 aromatic heterocycles. The summed E-state index contributed by atoms with van der Waals surface area (Å²) in [5.41, 5.74) is 2.72. The maximum atomic E-state index is 5.77. The van der Waals surface area contributed by atoms with Gasteiger partial charge in [-0.15, -0.1) is 10.2 Å². The third-order valence-electron chi connectivity index (χ3n) is 4.06. The topological polar surface area (TPSA) is 42.2 Å². The van der Waals surface area contributed by atoms with Crippen LogP contribution in [0.5, 0.6) is 0 Å². The van der Waals surface area contributed by atoms with E-state index in [2.05, 4.69) is 46.3 Å². The quantitative estimate of drug-likeness (QED) is 0.845. The van der Waals surface area contributed by atoms with Crippen LogP contribution < -0.4 is 4.90 Å². The van der Waals surface area contributed by atoms with E-state index in [0.717, 1.165) is 24.7 Å². The van der Waals surface area contributed by atoms with Crippen molar-refractivity contribution >= 4 is 5.69 Å². The molecule has 4 heteroatoms. The van der Waals surface area contributed by atoms with Crippen LogP contribution in [0.1, 0.15) is 43.0 Å². The first-order valence-corrected chi connectivity index (χ1v) is 6.98. The standard InChI is InChI=1S/C15H17N3O/c1-10-8-12-4-2-3-5-13(12)18(10)9-14-16-17-15(19-14)11-6-7-11/h2-5,10-11H,6-9H2,1H3/t10-/m1/s1. The van der Waals surface area contributed by atoms with E-state index in [1.165, 1.54) is 24.1 Å². The van der Waals surface area contributed by atoms with E-state index in [0.29, 0.717) is 12.0 Å². The minimum atomic E-state index is 0.494. The molecule has 0 amide bonds. The summed E-state index contributed by atoms with van der Waals surface area (Å²) in [5, 5.41) is 8.35. The maximum absolute atomic E-state index is 5.77. The second-order valence-electron chi connectivity index (χ2n) is 5.62. The number of hydrogen-bond acceptors (Lipinski definition) is 4. The second kappa shape index (κ2) is 4.08. The highest BCUT2D eigenvalue weighted by Gasteiger charge is 2.31. The monoisotopic (exact) mass is 255 g/mol. The van der Waals surface area contributed by atoms with Crippen LogP contribution in [0.2, 0.25) is 0 Å². The minimum Gasteiger partial charge on any atom is -0.423 e. The van der Waals surface area contributed by atoms with Gasteiger partial charge in [-0.25, -0.2) is 0 Å². The predicted octanol–water partition coefficient (Wildman–Crippen LogP) is 2.90. The zero-order valence-electron chi connectivity index (χ0n) is 11.0. The summed E-state index contributed by atoms with van der Waals surface area (Å²) in [4.78, 5) is 2.36. The Balaban J connectivity index is 1.58. The van der Waals surface area contributed by atoms with Gasteiger partial charge in [-0.2, -0.15) is 0 Å². The Morgan fingerprint density at radius 2 is 2.11 bits per heavy atom. The zero-order valence-corrected chi connectivity index (χ0v) is 11.0. The van der Waals surface area contributed by atoms with Crippen LogP contribution >= 0.6 is 0 Å². The highest BCUT2D eigenvalue weighted by atomic mass is 16.4. The first-order chi connectivity index (χ1) is 9.31. The molecule has 0 saturated heterocycles. The van der Waals surface area contributed by atoms with Crippen molar-refractivity contribution in [3.63, 3.8) is 0 Å². The Morgan fingerprint density at radius 3 is 2.95 bits per heavy atom. The molecule has 1 aliphatic carbocycles. The van der Waals surface area contributed by atoms with Crippen molar-refractivity contribution in [3.8, 4) is 0 Å². The molecular weight excluding hydrogens is 238 g/mol. The van der Waals surface area contributed by atoms with Crippen molar-refractivity contribution < 1.29 is 4.42 Å². The number of aromatic nitrogens is 2. The summed E-state index contributed by atoms with van der Waals surface area (Å²) in [6.45, 7) is 2.97. The molecule has 1 saturated carbocycles. The van der Waals surface area contributed by atoms with Gasteiger partial charge in [0, 0.05) is 17.6 Å². The predicted molar refractivity (Wildman–Crippen MR) is 72.1 cm³/mol. The Bertz CT molecular complexity index is 603. The molecule has 1 atom stereocenters. The van der Waals surface area contributed by atoms with Crippen LogP contribution in [0.25, 0.3) is 0 Å². The fourth-order valence-electron chi connectivity index (χ4n) is 2.84. The number of nitrogens with zero attached hydrogens (tertiary/aromatic N) is 3. The van der Waals surface area contributed by atoms with Crippen LogP contribution in [-0.2, 0) is 13.0 Å². The SMILES string of the molecule is C[C@@H]1Cc2ccccc2N1Cc1nnc(C2CC2)o1. The van der Waals surface area contributed by atoms with Crippen LogP contribution in [-0.4, -0.2) is 16.2 Å². The van der Waals surface area contributed by atoms with Crippen LogP contribution in [0.4, 0.5) is 5.69 Å². The molecule has 0 unspecified atom stereocenters. The van der Waals surface area contributed by atoms with Crippen molar-refractivity contribution in [2.45, 2.75) is 44.7 Å². The minimum absolute atomic E-state index is 0.494. The van der Waals surface area contributed by atoms with Crippen molar-refractivity contribution in [1.82, 2.24) is 10.2 Å². The number of fused-ring (bicyclic) bond motifs is 1. The maximum Gasteiger partial charge on any atom is 0.235 e. The molecule has 98 valence electrons. The third-order valence-corrected chi connectivity index (χ3v) is 4.06. The first-order valence-electron chi connectivity index (χ1n) is 6.98. The molecule has 4 nitrogen and oxygen atoms in total. The average Bonchev–Trinajstić information content (AvgIpc) is 3.09. The van der Waals surface area contributed by atoms with Gasteiger partial charge in [0.1, 0.15) is 0 Å². The smallest absolute Gasteiger partial charge is 0.235 e. The van der Waals surface area contributed by atoms with Crippen LogP contribution in [0, 0.1) is 0 Å². The molecule has 0 spiro atoms. The summed E-state index contributed by atoms with van der Waals surface area (Å²) in [6.07, 6.45) is 3.50. The Kier molecular flexibility index (Phi) is 2.37. The number of para-hydroxylation sites is 1. The molecule has 0 radical (unpaired) electrons. The van der Waals surface area contributed by atoms with Gasteiger partial charge in [-0.1, -0.05) is 18.2 Å². The van der Waals surface area contributed by atoms with E-state index in [1.54, 1.807) is 0 Å². The molecule has 2 aromatic rings. The summed E-state index contributed by atoms with van der Waals surface area (Å²) < 4.78 is 5.77. The number of benzene rings is 1. The molecule has 19 heavy (non-hydrogen) atoms. The zero-order chi connectivity index (χ0) is 12.8. The van der Waals surface area contributed by atoms with Gasteiger partial charge < -0.3 is 9.32 Å².